The number of nitrogen functional groups attached to an aromatic ring is 1. The van der Waals surface area contributed by atoms with Crippen molar-refractivity contribution < 1.29 is 0 Å². The molecule has 2 rings (SSSR count). The maximum atomic E-state index is 8.74. The maximum Gasteiger partial charge on any atom is 0.163 e. The average Bonchev–Trinajstić information content (AvgIpc) is 2.61. The summed E-state index contributed by atoms with van der Waals surface area (Å²) in [6, 6.07) is 9.83. The summed E-state index contributed by atoms with van der Waals surface area (Å²) in [5.74, 6) is 0.262. The van der Waals surface area contributed by atoms with E-state index in [1.807, 2.05) is 37.3 Å². The largest absolute Gasteiger partial charge is 0.381 e. The lowest BCUT2D eigenvalue weighted by molar-refractivity contribution is 0.885. The van der Waals surface area contributed by atoms with Gasteiger partial charge >= 0.3 is 0 Å². The molecular weight excluding hydrogens is 188 g/mol. The normalized spacial score (nSPS) is 9.87. The van der Waals surface area contributed by atoms with Gasteiger partial charge < -0.3 is 5.73 Å². The summed E-state index contributed by atoms with van der Waals surface area (Å²) in [4.78, 5) is 0. The van der Waals surface area contributed by atoms with Gasteiger partial charge in [-0.15, -0.1) is 5.10 Å². The van der Waals surface area contributed by atoms with Gasteiger partial charge in [0.1, 0.15) is 11.6 Å². The highest BCUT2D eigenvalue weighted by Crippen LogP contribution is 2.13. The Morgan fingerprint density at radius 2 is 2.00 bits per heavy atom. The van der Waals surface area contributed by atoms with E-state index in [4.69, 9.17) is 11.0 Å². The minimum Gasteiger partial charge on any atom is -0.381 e. The molecule has 0 radical (unpaired) electrons. The molecule has 1 heterocycles. The van der Waals surface area contributed by atoms with Gasteiger partial charge in [-0.2, -0.15) is 5.26 Å². The predicted octanol–water partition coefficient (Wildman–Crippen LogP) is 1.63. The fourth-order valence-corrected chi connectivity index (χ4v) is 1.30. The van der Waals surface area contributed by atoms with E-state index < -0.39 is 0 Å². The van der Waals surface area contributed by atoms with Gasteiger partial charge in [0.15, 0.2) is 5.82 Å². The number of nitrogens with zero attached hydrogens (tertiary/aromatic N) is 3. The van der Waals surface area contributed by atoms with Crippen LogP contribution in [-0.4, -0.2) is 9.78 Å². The van der Waals surface area contributed by atoms with Crippen molar-refractivity contribution in [3.8, 4) is 11.8 Å². The monoisotopic (exact) mass is 198 g/mol. The number of rotatable bonds is 1. The van der Waals surface area contributed by atoms with E-state index in [-0.39, 0.29) is 5.82 Å². The summed E-state index contributed by atoms with van der Waals surface area (Å²) in [6.45, 7) is 2.02. The summed E-state index contributed by atoms with van der Waals surface area (Å²) in [5.41, 5.74) is 8.04. The molecule has 4 nitrogen and oxygen atoms in total. The Morgan fingerprint density at radius 1 is 1.33 bits per heavy atom. The minimum atomic E-state index is 0.262. The van der Waals surface area contributed by atoms with E-state index in [0.717, 1.165) is 5.69 Å². The highest BCUT2D eigenvalue weighted by atomic mass is 15.3. The highest BCUT2D eigenvalue weighted by molar-refractivity contribution is 5.49. The van der Waals surface area contributed by atoms with Crippen molar-refractivity contribution in [3.63, 3.8) is 0 Å². The SMILES string of the molecule is Cc1ccc(-n2cc(C#N)c(N)n2)cc1. The molecule has 0 spiro atoms. The van der Waals surface area contributed by atoms with Crippen LogP contribution in [0.15, 0.2) is 30.5 Å². The number of benzene rings is 1. The molecule has 0 aliphatic carbocycles. The van der Waals surface area contributed by atoms with Gasteiger partial charge in [0.25, 0.3) is 0 Å². The number of aryl methyl sites for hydroxylation is 1. The third-order valence-electron chi connectivity index (χ3n) is 2.16. The van der Waals surface area contributed by atoms with Crippen LogP contribution in [0, 0.1) is 18.3 Å². The number of hydrogen-bond donors (Lipinski definition) is 1. The molecule has 0 aliphatic rings. The first-order valence-corrected chi connectivity index (χ1v) is 4.53. The number of hydrogen-bond acceptors (Lipinski definition) is 3. The van der Waals surface area contributed by atoms with Gasteiger partial charge in [-0.3, -0.25) is 0 Å². The lowest BCUT2D eigenvalue weighted by Crippen LogP contribution is -1.95. The van der Waals surface area contributed by atoms with Gasteiger partial charge in [0.2, 0.25) is 0 Å². The van der Waals surface area contributed by atoms with Crippen molar-refractivity contribution in [1.82, 2.24) is 9.78 Å². The van der Waals surface area contributed by atoms with Gasteiger partial charge in [0, 0.05) is 0 Å². The Bertz CT molecular complexity index is 517. The van der Waals surface area contributed by atoms with Crippen LogP contribution in [0.4, 0.5) is 5.82 Å². The fourth-order valence-electron chi connectivity index (χ4n) is 1.30. The summed E-state index contributed by atoms with van der Waals surface area (Å²) in [6.07, 6.45) is 1.62. The first-order valence-electron chi connectivity index (χ1n) is 4.53. The van der Waals surface area contributed by atoms with Crippen molar-refractivity contribution in [3.05, 3.63) is 41.6 Å². The molecule has 0 atom stereocenters. The van der Waals surface area contributed by atoms with Crippen LogP contribution in [0.5, 0.6) is 0 Å². The first-order chi connectivity index (χ1) is 7.20. The minimum absolute atomic E-state index is 0.262. The van der Waals surface area contributed by atoms with E-state index >= 15 is 0 Å². The summed E-state index contributed by atoms with van der Waals surface area (Å²) in [5, 5.41) is 12.8. The number of aromatic nitrogens is 2. The Balaban J connectivity index is 2.46. The Kier molecular flexibility index (Phi) is 2.14. The van der Waals surface area contributed by atoms with E-state index in [9.17, 15) is 0 Å². The number of nitrogens with two attached hydrogens (primary N) is 1. The Morgan fingerprint density at radius 3 is 2.53 bits per heavy atom. The van der Waals surface area contributed by atoms with Crippen molar-refractivity contribution in [2.75, 3.05) is 5.73 Å². The summed E-state index contributed by atoms with van der Waals surface area (Å²) < 4.78 is 1.60. The zero-order valence-electron chi connectivity index (χ0n) is 8.31. The van der Waals surface area contributed by atoms with E-state index in [1.165, 1.54) is 5.56 Å². The van der Waals surface area contributed by atoms with Crippen LogP contribution in [0.25, 0.3) is 5.69 Å². The van der Waals surface area contributed by atoms with E-state index in [1.54, 1.807) is 10.9 Å². The average molecular weight is 198 g/mol. The second kappa shape index (κ2) is 3.46. The second-order valence-corrected chi connectivity index (χ2v) is 3.32. The van der Waals surface area contributed by atoms with Crippen molar-refractivity contribution in [2.24, 2.45) is 0 Å². The molecule has 4 heteroatoms. The lowest BCUT2D eigenvalue weighted by Gasteiger charge is -2.00. The quantitative estimate of drug-likeness (QED) is 0.757. The molecular formula is C11H10N4. The van der Waals surface area contributed by atoms with Gasteiger partial charge in [-0.05, 0) is 19.1 Å². The van der Waals surface area contributed by atoms with Crippen LogP contribution in [0.2, 0.25) is 0 Å². The van der Waals surface area contributed by atoms with Crippen molar-refractivity contribution >= 4 is 5.82 Å². The molecule has 0 amide bonds. The summed E-state index contributed by atoms with van der Waals surface area (Å²) in [7, 11) is 0. The Labute approximate surface area is 87.6 Å². The molecule has 0 unspecified atom stereocenters. The lowest BCUT2D eigenvalue weighted by atomic mass is 10.2. The molecule has 2 aromatic rings. The molecule has 2 N–H and O–H groups in total. The summed E-state index contributed by atoms with van der Waals surface area (Å²) >= 11 is 0. The Hall–Kier alpha value is -2.28. The number of anilines is 1. The zero-order chi connectivity index (χ0) is 10.8. The molecule has 0 bridgehead atoms. The second-order valence-electron chi connectivity index (χ2n) is 3.32. The molecule has 1 aromatic carbocycles. The van der Waals surface area contributed by atoms with Crippen molar-refractivity contribution in [1.29, 1.82) is 5.26 Å². The molecule has 15 heavy (non-hydrogen) atoms. The first kappa shape index (κ1) is 9.28. The van der Waals surface area contributed by atoms with Crippen LogP contribution in [0.1, 0.15) is 11.1 Å². The van der Waals surface area contributed by atoms with Gasteiger partial charge in [-0.25, -0.2) is 4.68 Å². The predicted molar refractivity (Wildman–Crippen MR) is 57.4 cm³/mol. The standard InChI is InChI=1S/C11H10N4/c1-8-2-4-10(5-3-8)15-7-9(6-12)11(13)14-15/h2-5,7H,1H3,(H2,13,14). The number of nitriles is 1. The molecule has 0 saturated carbocycles. The molecule has 0 saturated heterocycles. The third kappa shape index (κ3) is 1.67. The fraction of sp³-hybridized carbons (Fsp3) is 0.0909. The maximum absolute atomic E-state index is 8.74. The van der Waals surface area contributed by atoms with Crippen molar-refractivity contribution in [2.45, 2.75) is 6.92 Å². The molecule has 74 valence electrons. The van der Waals surface area contributed by atoms with Gasteiger partial charge in [0.05, 0.1) is 11.9 Å². The zero-order valence-corrected chi connectivity index (χ0v) is 8.31. The van der Waals surface area contributed by atoms with Crippen LogP contribution in [0.3, 0.4) is 0 Å². The molecule has 0 fully saturated rings. The third-order valence-corrected chi connectivity index (χ3v) is 2.16. The van der Waals surface area contributed by atoms with Crippen LogP contribution < -0.4 is 5.73 Å². The molecule has 1 aromatic heterocycles. The molecule has 0 aliphatic heterocycles. The topological polar surface area (TPSA) is 67.6 Å². The van der Waals surface area contributed by atoms with E-state index in [0.29, 0.717) is 5.56 Å². The van der Waals surface area contributed by atoms with Crippen LogP contribution in [-0.2, 0) is 0 Å². The van der Waals surface area contributed by atoms with Crippen LogP contribution >= 0.6 is 0 Å². The smallest absolute Gasteiger partial charge is 0.163 e. The highest BCUT2D eigenvalue weighted by Gasteiger charge is 2.05. The van der Waals surface area contributed by atoms with E-state index in [2.05, 4.69) is 5.10 Å². The van der Waals surface area contributed by atoms with Gasteiger partial charge in [-0.1, -0.05) is 17.7 Å².